The highest BCUT2D eigenvalue weighted by atomic mass is 16.5. The molecule has 0 heterocycles. The largest absolute Gasteiger partial charge is 0.508 e. The Morgan fingerprint density at radius 3 is 1.86 bits per heavy atom. The molecule has 0 fully saturated rings. The maximum atomic E-state index is 11.6. The minimum atomic E-state index is -0.395. The van der Waals surface area contributed by atoms with Gasteiger partial charge in [-0.2, -0.15) is 0 Å². The van der Waals surface area contributed by atoms with Crippen LogP contribution in [0.3, 0.4) is 0 Å². The first-order chi connectivity index (χ1) is 13.4. The lowest BCUT2D eigenvalue weighted by Gasteiger charge is -2.04. The fourth-order valence-electron chi connectivity index (χ4n) is 2.08. The standard InChI is InChI=1S/C14H12O3.C8H8O3/c15-13-8-6-12(7-9-13)14(16)17-10-11-4-2-1-3-5-11;1-6(9)11-8-4-2-7(10)3-5-8/h1-9,15H,10H2;2-5,10H,1H3. The van der Waals surface area contributed by atoms with Gasteiger partial charge in [-0.15, -0.1) is 0 Å². The Balaban J connectivity index is 0.000000221. The molecule has 0 amide bonds. The van der Waals surface area contributed by atoms with Crippen LogP contribution in [0.25, 0.3) is 0 Å². The van der Waals surface area contributed by atoms with Crippen molar-refractivity contribution in [3.8, 4) is 17.2 Å². The van der Waals surface area contributed by atoms with Crippen molar-refractivity contribution in [2.45, 2.75) is 13.5 Å². The number of ether oxygens (including phenoxy) is 2. The highest BCUT2D eigenvalue weighted by molar-refractivity contribution is 5.89. The molecule has 28 heavy (non-hydrogen) atoms. The van der Waals surface area contributed by atoms with E-state index in [2.05, 4.69) is 0 Å². The number of rotatable bonds is 4. The highest BCUT2D eigenvalue weighted by Crippen LogP contribution is 2.15. The third-order valence-electron chi connectivity index (χ3n) is 3.41. The highest BCUT2D eigenvalue weighted by Gasteiger charge is 2.06. The Kier molecular flexibility index (Phi) is 7.60. The van der Waals surface area contributed by atoms with E-state index in [1.54, 1.807) is 0 Å². The summed E-state index contributed by atoms with van der Waals surface area (Å²) in [5, 5.41) is 17.9. The molecule has 3 aromatic rings. The van der Waals surface area contributed by atoms with Crippen LogP contribution < -0.4 is 4.74 Å². The second-order valence-electron chi connectivity index (χ2n) is 5.70. The van der Waals surface area contributed by atoms with Gasteiger partial charge in [0, 0.05) is 6.92 Å². The van der Waals surface area contributed by atoms with Gasteiger partial charge in [0.25, 0.3) is 0 Å². The van der Waals surface area contributed by atoms with Crippen LogP contribution in [0.5, 0.6) is 17.2 Å². The van der Waals surface area contributed by atoms with Crippen LogP contribution in [0, 0.1) is 0 Å². The summed E-state index contributed by atoms with van der Waals surface area (Å²) in [5.41, 5.74) is 1.37. The van der Waals surface area contributed by atoms with Gasteiger partial charge in [0.1, 0.15) is 23.9 Å². The molecule has 0 aromatic heterocycles. The topological polar surface area (TPSA) is 93.1 Å². The van der Waals surface area contributed by atoms with Gasteiger partial charge in [-0.1, -0.05) is 30.3 Å². The van der Waals surface area contributed by atoms with Crippen LogP contribution in [0.1, 0.15) is 22.8 Å². The average Bonchev–Trinajstić information content (AvgIpc) is 2.69. The molecule has 0 bridgehead atoms. The first kappa shape index (κ1) is 20.5. The smallest absolute Gasteiger partial charge is 0.338 e. The van der Waals surface area contributed by atoms with E-state index in [4.69, 9.17) is 19.7 Å². The summed E-state index contributed by atoms with van der Waals surface area (Å²) >= 11 is 0. The second kappa shape index (κ2) is 10.4. The summed E-state index contributed by atoms with van der Waals surface area (Å²) in [7, 11) is 0. The second-order valence-corrected chi connectivity index (χ2v) is 5.70. The number of carbonyl (C=O) groups is 2. The van der Waals surface area contributed by atoms with Crippen LogP contribution in [-0.2, 0) is 16.1 Å². The normalized spacial score (nSPS) is 9.61. The quantitative estimate of drug-likeness (QED) is 0.524. The lowest BCUT2D eigenvalue weighted by atomic mass is 10.2. The molecule has 0 radical (unpaired) electrons. The predicted octanol–water partition coefficient (Wildman–Crippen LogP) is 4.07. The Labute approximate surface area is 162 Å². The summed E-state index contributed by atoms with van der Waals surface area (Å²) in [6.45, 7) is 1.58. The molecular weight excluding hydrogens is 360 g/mol. The SMILES string of the molecule is CC(=O)Oc1ccc(O)cc1.O=C(OCc1ccccc1)c1ccc(O)cc1. The van der Waals surface area contributed by atoms with Crippen LogP contribution >= 0.6 is 0 Å². The van der Waals surface area contributed by atoms with E-state index in [9.17, 15) is 9.59 Å². The van der Waals surface area contributed by atoms with E-state index in [0.29, 0.717) is 11.3 Å². The van der Waals surface area contributed by atoms with Gasteiger partial charge >= 0.3 is 11.9 Å². The first-order valence-electron chi connectivity index (χ1n) is 8.41. The van der Waals surface area contributed by atoms with E-state index in [-0.39, 0.29) is 24.1 Å². The van der Waals surface area contributed by atoms with Crippen molar-refractivity contribution in [3.63, 3.8) is 0 Å². The Bertz CT molecular complexity index is 887. The number of phenolic OH excluding ortho intramolecular Hbond substituents is 2. The fourth-order valence-corrected chi connectivity index (χ4v) is 2.08. The van der Waals surface area contributed by atoms with E-state index in [0.717, 1.165) is 5.56 Å². The van der Waals surface area contributed by atoms with Gasteiger partial charge in [-0.3, -0.25) is 4.79 Å². The zero-order valence-electron chi connectivity index (χ0n) is 15.2. The third kappa shape index (κ3) is 7.21. The van der Waals surface area contributed by atoms with Crippen LogP contribution in [0.4, 0.5) is 0 Å². The number of hydrogen-bond acceptors (Lipinski definition) is 6. The zero-order chi connectivity index (χ0) is 20.4. The number of phenols is 2. The Hall–Kier alpha value is -3.80. The van der Waals surface area contributed by atoms with Crippen LogP contribution in [0.15, 0.2) is 78.9 Å². The molecule has 144 valence electrons. The van der Waals surface area contributed by atoms with Gasteiger partial charge in [-0.25, -0.2) is 4.79 Å². The molecule has 0 unspecified atom stereocenters. The zero-order valence-corrected chi connectivity index (χ0v) is 15.2. The van der Waals surface area contributed by atoms with Crippen molar-refractivity contribution in [2.24, 2.45) is 0 Å². The van der Waals surface area contributed by atoms with Crippen molar-refractivity contribution in [3.05, 3.63) is 90.0 Å². The first-order valence-corrected chi connectivity index (χ1v) is 8.41. The molecule has 3 rings (SSSR count). The Morgan fingerprint density at radius 2 is 1.32 bits per heavy atom. The van der Waals surface area contributed by atoms with Crippen molar-refractivity contribution in [2.75, 3.05) is 0 Å². The summed E-state index contributed by atoms with van der Waals surface area (Å²) < 4.78 is 9.85. The lowest BCUT2D eigenvalue weighted by Crippen LogP contribution is -2.04. The molecule has 2 N–H and O–H groups in total. The number of benzene rings is 3. The van der Waals surface area contributed by atoms with E-state index in [1.807, 2.05) is 30.3 Å². The minimum absolute atomic E-state index is 0.129. The summed E-state index contributed by atoms with van der Waals surface area (Å²) in [4.78, 5) is 22.0. The lowest BCUT2D eigenvalue weighted by molar-refractivity contribution is -0.131. The molecule has 0 saturated carbocycles. The summed E-state index contributed by atoms with van der Waals surface area (Å²) in [6.07, 6.45) is 0. The maximum absolute atomic E-state index is 11.6. The molecule has 6 nitrogen and oxygen atoms in total. The monoisotopic (exact) mass is 380 g/mol. The van der Waals surface area contributed by atoms with E-state index >= 15 is 0 Å². The summed E-state index contributed by atoms with van der Waals surface area (Å²) in [5.74, 6) is -0.0367. The predicted molar refractivity (Wildman–Crippen MR) is 103 cm³/mol. The van der Waals surface area contributed by atoms with Crippen molar-refractivity contribution < 1.29 is 29.3 Å². The molecule has 6 heteroatoms. The Morgan fingerprint density at radius 1 is 0.786 bits per heavy atom. The van der Waals surface area contributed by atoms with Crippen molar-refractivity contribution in [1.29, 1.82) is 0 Å². The molecule has 0 aliphatic carbocycles. The summed E-state index contributed by atoms with van der Waals surface area (Å²) in [6, 6.07) is 21.4. The molecule has 0 saturated heterocycles. The van der Waals surface area contributed by atoms with Gasteiger partial charge in [0.05, 0.1) is 5.56 Å². The minimum Gasteiger partial charge on any atom is -0.508 e. The number of aromatic hydroxyl groups is 2. The van der Waals surface area contributed by atoms with Crippen molar-refractivity contribution >= 4 is 11.9 Å². The molecule has 0 atom stereocenters. The molecule has 0 aliphatic rings. The van der Waals surface area contributed by atoms with E-state index in [1.165, 1.54) is 55.5 Å². The number of carbonyl (C=O) groups excluding carboxylic acids is 2. The third-order valence-corrected chi connectivity index (χ3v) is 3.41. The molecule has 0 spiro atoms. The van der Waals surface area contributed by atoms with Gasteiger partial charge in [0.2, 0.25) is 0 Å². The van der Waals surface area contributed by atoms with Crippen LogP contribution in [0.2, 0.25) is 0 Å². The molecule has 3 aromatic carbocycles. The van der Waals surface area contributed by atoms with Gasteiger partial charge in [0.15, 0.2) is 0 Å². The number of esters is 2. The fraction of sp³-hybridized carbons (Fsp3) is 0.0909. The van der Waals surface area contributed by atoms with Gasteiger partial charge < -0.3 is 19.7 Å². The molecule has 0 aliphatic heterocycles. The van der Waals surface area contributed by atoms with Crippen molar-refractivity contribution in [1.82, 2.24) is 0 Å². The maximum Gasteiger partial charge on any atom is 0.338 e. The number of hydrogen-bond donors (Lipinski definition) is 2. The van der Waals surface area contributed by atoms with Gasteiger partial charge in [-0.05, 0) is 54.1 Å². The van der Waals surface area contributed by atoms with E-state index < -0.39 is 5.97 Å². The average molecular weight is 380 g/mol. The van der Waals surface area contributed by atoms with Crippen LogP contribution in [-0.4, -0.2) is 22.2 Å². The molecular formula is C22H20O6.